The van der Waals surface area contributed by atoms with Crippen molar-refractivity contribution in [3.05, 3.63) is 36.9 Å². The highest BCUT2D eigenvalue weighted by molar-refractivity contribution is 7.90. The van der Waals surface area contributed by atoms with Gasteiger partial charge < -0.3 is 4.90 Å². The quantitative estimate of drug-likeness (QED) is 0.654. The van der Waals surface area contributed by atoms with E-state index in [0.717, 1.165) is 61.1 Å². The standard InChI is InChI=1S/C20H24N6O2S/c1-23-10-15(9-22-23)14-8-20-19(6-7-21-25(20)11-14)24-12-16-2-3-17(13-24)26(16)29(27,28)18-4-5-18/h6-11,16-18H,2-5,12-13H2,1H3. The number of hydrogen-bond acceptors (Lipinski definition) is 5. The first-order valence-corrected chi connectivity index (χ1v) is 11.7. The molecule has 2 unspecified atom stereocenters. The van der Waals surface area contributed by atoms with Crippen LogP contribution in [0.15, 0.2) is 36.9 Å². The molecule has 0 aromatic carbocycles. The Morgan fingerprint density at radius 1 is 1.00 bits per heavy atom. The van der Waals surface area contributed by atoms with Crippen molar-refractivity contribution in [1.82, 2.24) is 23.7 Å². The molecule has 2 saturated heterocycles. The lowest BCUT2D eigenvalue weighted by Crippen LogP contribution is -2.56. The van der Waals surface area contributed by atoms with Crippen LogP contribution < -0.4 is 4.90 Å². The van der Waals surface area contributed by atoms with Crippen molar-refractivity contribution in [1.29, 1.82) is 0 Å². The van der Waals surface area contributed by atoms with Gasteiger partial charge in [-0.2, -0.15) is 14.5 Å². The molecule has 29 heavy (non-hydrogen) atoms. The van der Waals surface area contributed by atoms with Crippen LogP contribution in [0.3, 0.4) is 0 Å². The van der Waals surface area contributed by atoms with Gasteiger partial charge in [-0.1, -0.05) is 0 Å². The van der Waals surface area contributed by atoms with Crippen molar-refractivity contribution < 1.29 is 8.42 Å². The second kappa shape index (κ2) is 6.06. The van der Waals surface area contributed by atoms with Crippen LogP contribution in [0.25, 0.3) is 16.6 Å². The van der Waals surface area contributed by atoms with Gasteiger partial charge in [-0.15, -0.1) is 0 Å². The first-order valence-electron chi connectivity index (χ1n) is 10.2. The average Bonchev–Trinajstić information content (AvgIpc) is 3.25. The predicted molar refractivity (Wildman–Crippen MR) is 110 cm³/mol. The summed E-state index contributed by atoms with van der Waals surface area (Å²) in [6.45, 7) is 1.49. The number of aryl methyl sites for hydroxylation is 1. The lowest BCUT2D eigenvalue weighted by molar-refractivity contribution is 0.286. The van der Waals surface area contributed by atoms with Gasteiger partial charge in [-0.25, -0.2) is 12.9 Å². The molecule has 3 aromatic rings. The molecule has 0 amide bonds. The third kappa shape index (κ3) is 2.71. The van der Waals surface area contributed by atoms with Crippen LogP contribution >= 0.6 is 0 Å². The molecule has 152 valence electrons. The van der Waals surface area contributed by atoms with Crippen molar-refractivity contribution in [2.75, 3.05) is 18.0 Å². The lowest BCUT2D eigenvalue weighted by atomic mass is 10.2. The molecule has 3 aromatic heterocycles. The zero-order chi connectivity index (χ0) is 19.8. The molecule has 0 spiro atoms. The van der Waals surface area contributed by atoms with E-state index in [1.165, 1.54) is 0 Å². The van der Waals surface area contributed by atoms with Gasteiger partial charge in [-0.3, -0.25) is 4.68 Å². The topological polar surface area (TPSA) is 75.7 Å². The van der Waals surface area contributed by atoms with Gasteiger partial charge in [0.15, 0.2) is 0 Å². The monoisotopic (exact) mass is 412 g/mol. The van der Waals surface area contributed by atoms with Crippen LogP contribution in [0.5, 0.6) is 0 Å². The SMILES string of the molecule is Cn1cc(-c2cc3c(N4CC5CCC(C4)N5S(=O)(=O)C4CC4)ccnn3c2)cn1. The Hall–Kier alpha value is -2.39. The maximum absolute atomic E-state index is 12.9. The smallest absolute Gasteiger partial charge is 0.217 e. The number of aromatic nitrogens is 4. The van der Waals surface area contributed by atoms with Gasteiger partial charge in [-0.05, 0) is 37.8 Å². The Morgan fingerprint density at radius 2 is 1.76 bits per heavy atom. The molecular formula is C20H24N6O2S. The molecule has 0 radical (unpaired) electrons. The molecule has 3 aliphatic rings. The van der Waals surface area contributed by atoms with Crippen LogP contribution in [0.4, 0.5) is 5.69 Å². The fourth-order valence-corrected chi connectivity index (χ4v) is 7.26. The normalized spacial score (nSPS) is 25.2. The lowest BCUT2D eigenvalue weighted by Gasteiger charge is -2.41. The van der Waals surface area contributed by atoms with Crippen molar-refractivity contribution in [3.63, 3.8) is 0 Å². The van der Waals surface area contributed by atoms with E-state index in [4.69, 9.17) is 0 Å². The highest BCUT2D eigenvalue weighted by Gasteiger charge is 2.51. The van der Waals surface area contributed by atoms with Crippen molar-refractivity contribution >= 4 is 21.2 Å². The van der Waals surface area contributed by atoms with E-state index in [0.29, 0.717) is 0 Å². The van der Waals surface area contributed by atoms with E-state index in [-0.39, 0.29) is 17.3 Å². The molecule has 2 aliphatic heterocycles. The second-order valence-electron chi connectivity index (χ2n) is 8.54. The zero-order valence-corrected chi connectivity index (χ0v) is 17.2. The van der Waals surface area contributed by atoms with Crippen molar-refractivity contribution in [2.24, 2.45) is 7.05 Å². The van der Waals surface area contributed by atoms with Gasteiger partial charge >= 0.3 is 0 Å². The summed E-state index contributed by atoms with van der Waals surface area (Å²) in [5, 5.41) is 8.63. The number of hydrogen-bond donors (Lipinski definition) is 0. The third-order valence-corrected chi connectivity index (χ3v) is 9.02. The molecule has 8 nitrogen and oxygen atoms in total. The van der Waals surface area contributed by atoms with Gasteiger partial charge in [0.1, 0.15) is 0 Å². The molecule has 6 rings (SSSR count). The summed E-state index contributed by atoms with van der Waals surface area (Å²) < 4.78 is 31.4. The number of rotatable bonds is 4. The third-order valence-electron chi connectivity index (χ3n) is 6.52. The summed E-state index contributed by atoms with van der Waals surface area (Å²) in [7, 11) is -1.21. The molecule has 1 saturated carbocycles. The van der Waals surface area contributed by atoms with E-state index in [2.05, 4.69) is 21.2 Å². The van der Waals surface area contributed by atoms with Crippen LogP contribution in [0, 0.1) is 0 Å². The van der Waals surface area contributed by atoms with Crippen molar-refractivity contribution in [2.45, 2.75) is 43.0 Å². The van der Waals surface area contributed by atoms with E-state index < -0.39 is 10.0 Å². The van der Waals surface area contributed by atoms with E-state index in [1.54, 1.807) is 4.68 Å². The molecule has 2 atom stereocenters. The molecule has 2 bridgehead atoms. The Bertz CT molecular complexity index is 1180. The Morgan fingerprint density at radius 3 is 2.41 bits per heavy atom. The maximum Gasteiger partial charge on any atom is 0.217 e. The summed E-state index contributed by atoms with van der Waals surface area (Å²) in [5.74, 6) is 0. The fraction of sp³-hybridized carbons (Fsp3) is 0.500. The summed E-state index contributed by atoms with van der Waals surface area (Å²) >= 11 is 0. The van der Waals surface area contributed by atoms with Crippen LogP contribution in [-0.2, 0) is 17.1 Å². The van der Waals surface area contributed by atoms with Gasteiger partial charge in [0.25, 0.3) is 0 Å². The number of nitrogens with zero attached hydrogens (tertiary/aromatic N) is 6. The zero-order valence-electron chi connectivity index (χ0n) is 16.3. The van der Waals surface area contributed by atoms with E-state index >= 15 is 0 Å². The summed E-state index contributed by atoms with van der Waals surface area (Å²) in [6.07, 6.45) is 11.3. The van der Waals surface area contributed by atoms with Gasteiger partial charge in [0.2, 0.25) is 10.0 Å². The molecule has 0 N–H and O–H groups in total. The molecule has 1 aliphatic carbocycles. The average molecular weight is 413 g/mol. The van der Waals surface area contributed by atoms with E-state index in [9.17, 15) is 8.42 Å². The summed E-state index contributed by atoms with van der Waals surface area (Å²) in [4.78, 5) is 2.35. The number of piperazine rings is 1. The predicted octanol–water partition coefficient (Wildman–Crippen LogP) is 1.88. The number of anilines is 1. The first-order chi connectivity index (χ1) is 14.0. The van der Waals surface area contributed by atoms with Gasteiger partial charge in [0.05, 0.1) is 22.7 Å². The first kappa shape index (κ1) is 17.5. The van der Waals surface area contributed by atoms with Gasteiger partial charge in [0, 0.05) is 61.9 Å². The molecule has 3 fully saturated rings. The largest absolute Gasteiger partial charge is 0.367 e. The number of fused-ring (bicyclic) bond motifs is 3. The van der Waals surface area contributed by atoms with E-state index in [1.807, 2.05) is 46.7 Å². The van der Waals surface area contributed by atoms with Crippen LogP contribution in [0.1, 0.15) is 25.7 Å². The highest BCUT2D eigenvalue weighted by atomic mass is 32.2. The minimum absolute atomic E-state index is 0.0836. The highest BCUT2D eigenvalue weighted by Crippen LogP contribution is 2.41. The Balaban J connectivity index is 1.34. The van der Waals surface area contributed by atoms with Crippen LogP contribution in [-0.4, -0.2) is 62.5 Å². The van der Waals surface area contributed by atoms with Crippen LogP contribution in [0.2, 0.25) is 0 Å². The molecular weight excluding hydrogens is 388 g/mol. The second-order valence-corrected chi connectivity index (χ2v) is 10.7. The maximum atomic E-state index is 12.9. The van der Waals surface area contributed by atoms with Crippen molar-refractivity contribution in [3.8, 4) is 11.1 Å². The molecule has 5 heterocycles. The minimum Gasteiger partial charge on any atom is -0.367 e. The summed E-state index contributed by atoms with van der Waals surface area (Å²) in [6, 6.07) is 4.36. The summed E-state index contributed by atoms with van der Waals surface area (Å²) in [5.41, 5.74) is 4.31. The Labute approximate surface area is 169 Å². The molecule has 9 heteroatoms. The number of sulfonamides is 1. The fourth-order valence-electron chi connectivity index (χ4n) is 5.01. The Kier molecular flexibility index (Phi) is 3.65. The minimum atomic E-state index is -3.12.